The highest BCUT2D eigenvalue weighted by Crippen LogP contribution is 2.17. The van der Waals surface area contributed by atoms with Gasteiger partial charge < -0.3 is 11.1 Å². The van der Waals surface area contributed by atoms with E-state index < -0.39 is 5.82 Å². The Balaban J connectivity index is 2.01. The number of anilines is 1. The predicted molar refractivity (Wildman–Crippen MR) is 81.1 cm³/mol. The Hall–Kier alpha value is -1.65. The average molecular weight is 295 g/mol. The first kappa shape index (κ1) is 13.8. The first-order chi connectivity index (χ1) is 9.06. The van der Waals surface area contributed by atoms with Crippen molar-refractivity contribution < 1.29 is 4.39 Å². The van der Waals surface area contributed by atoms with E-state index in [0.717, 1.165) is 16.8 Å². The van der Waals surface area contributed by atoms with Crippen LogP contribution >= 0.6 is 23.8 Å². The van der Waals surface area contributed by atoms with E-state index in [0.29, 0.717) is 11.5 Å². The third-order valence-electron chi connectivity index (χ3n) is 2.65. The molecule has 0 spiro atoms. The maximum atomic E-state index is 13.0. The molecule has 3 N–H and O–H groups in total. The van der Waals surface area contributed by atoms with Gasteiger partial charge in [-0.25, -0.2) is 4.39 Å². The molecule has 0 aliphatic heterocycles. The summed E-state index contributed by atoms with van der Waals surface area (Å²) < 4.78 is 13.0. The summed E-state index contributed by atoms with van der Waals surface area (Å²) in [5, 5.41) is 3.34. The number of hydrogen-bond acceptors (Lipinski definition) is 2. The molecule has 0 atom stereocenters. The second-order valence-corrected chi connectivity index (χ2v) is 4.89. The van der Waals surface area contributed by atoms with E-state index in [1.165, 1.54) is 6.07 Å². The predicted octanol–water partition coefficient (Wildman–Crippen LogP) is 3.73. The van der Waals surface area contributed by atoms with Gasteiger partial charge in [-0.1, -0.05) is 29.9 Å². The molecule has 0 aliphatic carbocycles. The lowest BCUT2D eigenvalue weighted by atomic mass is 10.2. The molecule has 19 heavy (non-hydrogen) atoms. The van der Waals surface area contributed by atoms with Gasteiger partial charge in [-0.05, 0) is 42.0 Å². The molecular weight excluding hydrogens is 283 g/mol. The summed E-state index contributed by atoms with van der Waals surface area (Å²) in [7, 11) is 0. The minimum atomic E-state index is -0.411. The molecular formula is C14H12ClFN2S. The molecule has 2 rings (SSSR count). The van der Waals surface area contributed by atoms with Crippen molar-refractivity contribution in [3.63, 3.8) is 0 Å². The van der Waals surface area contributed by atoms with E-state index in [2.05, 4.69) is 5.32 Å². The number of hydrogen-bond donors (Lipinski definition) is 2. The summed E-state index contributed by atoms with van der Waals surface area (Å²) >= 11 is 10.6. The number of thiocarbonyl (C=S) groups is 1. The van der Waals surface area contributed by atoms with Gasteiger partial charge in [0.25, 0.3) is 0 Å². The Morgan fingerprint density at radius 3 is 2.47 bits per heavy atom. The van der Waals surface area contributed by atoms with Gasteiger partial charge in [0.2, 0.25) is 0 Å². The molecule has 2 nitrogen and oxygen atoms in total. The van der Waals surface area contributed by atoms with E-state index >= 15 is 0 Å². The zero-order chi connectivity index (χ0) is 13.8. The normalized spacial score (nSPS) is 10.2. The van der Waals surface area contributed by atoms with Gasteiger partial charge in [-0.2, -0.15) is 0 Å². The topological polar surface area (TPSA) is 38.0 Å². The van der Waals surface area contributed by atoms with Gasteiger partial charge in [0.1, 0.15) is 10.8 Å². The van der Waals surface area contributed by atoms with Gasteiger partial charge in [0, 0.05) is 17.8 Å². The molecule has 2 aromatic rings. The number of halogens is 2. The van der Waals surface area contributed by atoms with Crippen LogP contribution in [0.25, 0.3) is 0 Å². The number of nitrogens with two attached hydrogens (primary N) is 1. The van der Waals surface area contributed by atoms with Crippen molar-refractivity contribution in [1.82, 2.24) is 0 Å². The summed E-state index contributed by atoms with van der Waals surface area (Å²) in [6, 6.07) is 12.1. The Morgan fingerprint density at radius 1 is 1.21 bits per heavy atom. The van der Waals surface area contributed by atoms with Gasteiger partial charge in [0.05, 0.1) is 5.02 Å². The molecule has 0 bridgehead atoms. The minimum Gasteiger partial charge on any atom is -0.389 e. The second kappa shape index (κ2) is 5.99. The van der Waals surface area contributed by atoms with Crippen LogP contribution in [0, 0.1) is 5.82 Å². The molecule has 0 unspecified atom stereocenters. The molecule has 0 saturated heterocycles. The average Bonchev–Trinajstić information content (AvgIpc) is 2.40. The summed E-state index contributed by atoms with van der Waals surface area (Å²) in [6.45, 7) is 0.562. The first-order valence-corrected chi connectivity index (χ1v) is 6.42. The van der Waals surface area contributed by atoms with Crippen molar-refractivity contribution in [2.75, 3.05) is 5.32 Å². The molecule has 0 aliphatic rings. The largest absolute Gasteiger partial charge is 0.389 e. The van der Waals surface area contributed by atoms with Crippen LogP contribution in [0.15, 0.2) is 42.5 Å². The van der Waals surface area contributed by atoms with Crippen molar-refractivity contribution >= 4 is 34.5 Å². The van der Waals surface area contributed by atoms with E-state index in [9.17, 15) is 4.39 Å². The van der Waals surface area contributed by atoms with E-state index in [1.54, 1.807) is 12.1 Å². The van der Waals surface area contributed by atoms with Crippen molar-refractivity contribution in [1.29, 1.82) is 0 Å². The minimum absolute atomic E-state index is 0.128. The summed E-state index contributed by atoms with van der Waals surface area (Å²) in [6.07, 6.45) is 0. The van der Waals surface area contributed by atoms with Crippen molar-refractivity contribution in [3.8, 4) is 0 Å². The summed E-state index contributed by atoms with van der Waals surface area (Å²) in [5.74, 6) is -0.411. The molecule has 0 amide bonds. The molecule has 0 aromatic heterocycles. The monoisotopic (exact) mass is 294 g/mol. The molecule has 0 radical (unpaired) electrons. The quantitative estimate of drug-likeness (QED) is 0.844. The van der Waals surface area contributed by atoms with Crippen molar-refractivity contribution in [2.45, 2.75) is 6.54 Å². The Labute approximate surface area is 121 Å². The number of nitrogens with one attached hydrogen (secondary N) is 1. The van der Waals surface area contributed by atoms with Crippen molar-refractivity contribution in [3.05, 3.63) is 64.4 Å². The molecule has 0 heterocycles. The second-order valence-electron chi connectivity index (χ2n) is 4.04. The maximum absolute atomic E-state index is 13.0. The highest BCUT2D eigenvalue weighted by Gasteiger charge is 2.01. The van der Waals surface area contributed by atoms with Crippen LogP contribution < -0.4 is 11.1 Å². The van der Waals surface area contributed by atoms with Gasteiger partial charge in [-0.15, -0.1) is 0 Å². The van der Waals surface area contributed by atoms with Crippen LogP contribution in [-0.2, 0) is 6.54 Å². The summed E-state index contributed by atoms with van der Waals surface area (Å²) in [4.78, 5) is 0.372. The van der Waals surface area contributed by atoms with Gasteiger partial charge in [0.15, 0.2) is 0 Å². The van der Waals surface area contributed by atoms with Crippen molar-refractivity contribution in [2.24, 2.45) is 5.73 Å². The lowest BCUT2D eigenvalue weighted by Gasteiger charge is -2.08. The highest BCUT2D eigenvalue weighted by atomic mass is 35.5. The third-order valence-corrected chi connectivity index (χ3v) is 3.18. The summed E-state index contributed by atoms with van der Waals surface area (Å²) in [5.41, 5.74) is 8.18. The highest BCUT2D eigenvalue weighted by molar-refractivity contribution is 7.80. The van der Waals surface area contributed by atoms with E-state index in [1.807, 2.05) is 24.3 Å². The Morgan fingerprint density at radius 2 is 1.89 bits per heavy atom. The molecule has 98 valence electrons. The van der Waals surface area contributed by atoms with Crippen LogP contribution in [0.2, 0.25) is 5.02 Å². The Kier molecular flexibility index (Phi) is 4.35. The first-order valence-electron chi connectivity index (χ1n) is 5.64. The van der Waals surface area contributed by atoms with E-state index in [-0.39, 0.29) is 5.02 Å². The molecule has 5 heteroatoms. The van der Waals surface area contributed by atoms with E-state index in [4.69, 9.17) is 29.6 Å². The fraction of sp³-hybridized carbons (Fsp3) is 0.0714. The third kappa shape index (κ3) is 3.66. The van der Waals surface area contributed by atoms with Gasteiger partial charge in [-0.3, -0.25) is 0 Å². The van der Waals surface area contributed by atoms with Crippen LogP contribution in [0.4, 0.5) is 10.1 Å². The van der Waals surface area contributed by atoms with Crippen LogP contribution in [-0.4, -0.2) is 4.99 Å². The SMILES string of the molecule is NC(=S)c1ccc(NCc2ccc(F)c(Cl)c2)cc1. The molecule has 2 aromatic carbocycles. The fourth-order valence-corrected chi connectivity index (χ4v) is 1.95. The maximum Gasteiger partial charge on any atom is 0.141 e. The standard InChI is InChI=1S/C14H12ClFN2S/c15-12-7-9(1-6-13(12)16)8-18-11-4-2-10(3-5-11)14(17)19/h1-7,18H,8H2,(H2,17,19). The smallest absolute Gasteiger partial charge is 0.141 e. The zero-order valence-corrected chi connectivity index (χ0v) is 11.6. The lowest BCUT2D eigenvalue weighted by molar-refractivity contribution is 0.627. The van der Waals surface area contributed by atoms with Crippen LogP contribution in [0.1, 0.15) is 11.1 Å². The van der Waals surface area contributed by atoms with Crippen LogP contribution in [0.5, 0.6) is 0 Å². The van der Waals surface area contributed by atoms with Crippen LogP contribution in [0.3, 0.4) is 0 Å². The number of benzene rings is 2. The molecule has 0 fully saturated rings. The van der Waals surface area contributed by atoms with Gasteiger partial charge >= 0.3 is 0 Å². The Bertz CT molecular complexity index is 599. The molecule has 0 saturated carbocycles. The fourth-order valence-electron chi connectivity index (χ4n) is 1.61. The number of rotatable bonds is 4. The lowest BCUT2D eigenvalue weighted by Crippen LogP contribution is -2.09. The zero-order valence-electron chi connectivity index (χ0n) is 9.99.